The van der Waals surface area contributed by atoms with E-state index in [1.54, 1.807) is 0 Å². The third kappa shape index (κ3) is 2.84. The van der Waals surface area contributed by atoms with Gasteiger partial charge in [-0.3, -0.25) is 0 Å². The Labute approximate surface area is 136 Å². The van der Waals surface area contributed by atoms with Crippen LogP contribution in [0.2, 0.25) is 0 Å². The Morgan fingerprint density at radius 2 is 1.48 bits per heavy atom. The number of nitrogens with zero attached hydrogens (tertiary/aromatic N) is 1. The summed E-state index contributed by atoms with van der Waals surface area (Å²) in [4.78, 5) is 1.53. The highest BCUT2D eigenvalue weighted by atomic mass is 16.5. The molecule has 2 aromatic carbocycles. The maximum atomic E-state index is 5.39. The molecule has 1 saturated heterocycles. The Balaban J connectivity index is 1.60. The van der Waals surface area contributed by atoms with Crippen molar-refractivity contribution in [3.8, 4) is 11.8 Å². The van der Waals surface area contributed by atoms with E-state index in [4.69, 9.17) is 4.74 Å². The molecule has 4 rings (SSSR count). The van der Waals surface area contributed by atoms with Crippen molar-refractivity contribution in [1.82, 2.24) is 4.57 Å². The van der Waals surface area contributed by atoms with E-state index in [9.17, 15) is 0 Å². The number of morpholine rings is 1. The van der Waals surface area contributed by atoms with E-state index < -0.39 is 0 Å². The molecule has 1 aromatic heterocycles. The fourth-order valence-corrected chi connectivity index (χ4v) is 3.33. The van der Waals surface area contributed by atoms with Gasteiger partial charge in [0.2, 0.25) is 0 Å². The van der Waals surface area contributed by atoms with Crippen molar-refractivity contribution in [1.29, 1.82) is 0 Å². The molecule has 3 aromatic rings. The average molecular weight is 305 g/mol. The smallest absolute Gasteiger partial charge is 0.139 e. The number of ether oxygens (including phenoxy) is 1. The third-order valence-electron chi connectivity index (χ3n) is 4.58. The lowest BCUT2D eigenvalue weighted by molar-refractivity contribution is -0.900. The predicted octanol–water partition coefficient (Wildman–Crippen LogP) is 1.71. The zero-order chi connectivity index (χ0) is 15.5. The van der Waals surface area contributed by atoms with Gasteiger partial charge >= 0.3 is 0 Å². The molecule has 1 aliphatic rings. The molecule has 1 fully saturated rings. The van der Waals surface area contributed by atoms with Gasteiger partial charge in [-0.05, 0) is 18.1 Å². The van der Waals surface area contributed by atoms with Gasteiger partial charge in [-0.2, -0.15) is 0 Å². The normalized spacial score (nSPS) is 15.7. The highest BCUT2D eigenvalue weighted by Gasteiger charge is 2.11. The summed E-state index contributed by atoms with van der Waals surface area (Å²) in [5, 5.41) is 2.62. The van der Waals surface area contributed by atoms with E-state index >= 15 is 0 Å². The number of hydrogen-bond donors (Lipinski definition) is 1. The molecule has 0 saturated carbocycles. The van der Waals surface area contributed by atoms with Crippen LogP contribution in [0.5, 0.6) is 0 Å². The van der Waals surface area contributed by atoms with Gasteiger partial charge in [-0.25, -0.2) is 0 Å². The van der Waals surface area contributed by atoms with E-state index in [0.717, 1.165) is 39.4 Å². The molecule has 0 spiro atoms. The van der Waals surface area contributed by atoms with Crippen molar-refractivity contribution in [2.45, 2.75) is 6.54 Å². The lowest BCUT2D eigenvalue weighted by Gasteiger charge is -2.21. The summed E-state index contributed by atoms with van der Waals surface area (Å²) >= 11 is 0. The van der Waals surface area contributed by atoms with Crippen LogP contribution in [0, 0.1) is 11.8 Å². The monoisotopic (exact) mass is 305 g/mol. The number of quaternary nitrogens is 1. The molecule has 1 aliphatic heterocycles. The summed E-state index contributed by atoms with van der Waals surface area (Å²) in [6.07, 6.45) is 0. The van der Waals surface area contributed by atoms with Gasteiger partial charge in [-0.15, -0.1) is 0 Å². The summed E-state index contributed by atoms with van der Waals surface area (Å²) in [5.41, 5.74) is 2.53. The molecule has 0 radical (unpaired) electrons. The average Bonchev–Trinajstić information content (AvgIpc) is 2.94. The second-order valence-electron chi connectivity index (χ2n) is 6.01. The second-order valence-corrected chi connectivity index (χ2v) is 6.01. The summed E-state index contributed by atoms with van der Waals surface area (Å²) in [6.45, 7) is 5.54. The quantitative estimate of drug-likeness (QED) is 0.714. The highest BCUT2D eigenvalue weighted by molar-refractivity contribution is 6.07. The number of nitrogens with one attached hydrogen (secondary N) is 1. The number of hydrogen-bond acceptors (Lipinski definition) is 1. The molecule has 0 aliphatic carbocycles. The Hall–Kier alpha value is -2.28. The zero-order valence-corrected chi connectivity index (χ0v) is 13.2. The van der Waals surface area contributed by atoms with Gasteiger partial charge in [0.1, 0.15) is 19.6 Å². The Bertz CT molecular complexity index is 825. The molecule has 23 heavy (non-hydrogen) atoms. The first-order chi connectivity index (χ1) is 11.4. The Morgan fingerprint density at radius 3 is 2.13 bits per heavy atom. The van der Waals surface area contributed by atoms with Gasteiger partial charge in [-0.1, -0.05) is 42.3 Å². The molecule has 0 unspecified atom stereocenters. The number of fused-ring (bicyclic) bond motifs is 3. The van der Waals surface area contributed by atoms with Crippen molar-refractivity contribution < 1.29 is 9.64 Å². The molecule has 3 nitrogen and oxygen atoms in total. The molecule has 0 bridgehead atoms. The molecule has 3 heteroatoms. The van der Waals surface area contributed by atoms with Gasteiger partial charge in [0.25, 0.3) is 0 Å². The Kier molecular flexibility index (Phi) is 4.02. The standard InChI is InChI=1S/C20H20N2O/c1-3-9-19-17(7-1)18-8-2-4-10-20(18)22(19)12-6-5-11-21-13-15-23-16-14-21/h1-4,7-10H,11-16H2/p+1. The minimum atomic E-state index is 0.748. The van der Waals surface area contributed by atoms with E-state index in [2.05, 4.69) is 64.9 Å². The predicted molar refractivity (Wildman–Crippen MR) is 93.6 cm³/mol. The summed E-state index contributed by atoms with van der Waals surface area (Å²) in [7, 11) is 0. The molecule has 1 N–H and O–H groups in total. The minimum absolute atomic E-state index is 0.748. The van der Waals surface area contributed by atoms with E-state index in [-0.39, 0.29) is 0 Å². The van der Waals surface area contributed by atoms with Crippen LogP contribution in [0.25, 0.3) is 21.8 Å². The summed E-state index contributed by atoms with van der Waals surface area (Å²) in [6, 6.07) is 17.2. The molecular weight excluding hydrogens is 284 g/mol. The summed E-state index contributed by atoms with van der Waals surface area (Å²) in [5.74, 6) is 6.73. The van der Waals surface area contributed by atoms with Crippen molar-refractivity contribution >= 4 is 21.8 Å². The van der Waals surface area contributed by atoms with Gasteiger partial charge in [0, 0.05) is 21.8 Å². The largest absolute Gasteiger partial charge is 0.370 e. The molecule has 0 amide bonds. The van der Waals surface area contributed by atoms with Crippen molar-refractivity contribution in [3.05, 3.63) is 48.5 Å². The summed E-state index contributed by atoms with van der Waals surface area (Å²) < 4.78 is 7.71. The number of aromatic nitrogens is 1. The molecule has 116 valence electrons. The lowest BCUT2D eigenvalue weighted by Crippen LogP contribution is -3.14. The number of para-hydroxylation sites is 2. The van der Waals surface area contributed by atoms with Crippen LogP contribution in [0.3, 0.4) is 0 Å². The van der Waals surface area contributed by atoms with Crippen LogP contribution in [-0.4, -0.2) is 37.4 Å². The van der Waals surface area contributed by atoms with Crippen LogP contribution in [0.15, 0.2) is 48.5 Å². The molecular formula is C20H21N2O+. The molecule has 0 atom stereocenters. The van der Waals surface area contributed by atoms with Crippen LogP contribution >= 0.6 is 0 Å². The van der Waals surface area contributed by atoms with Crippen LogP contribution in [0.1, 0.15) is 0 Å². The van der Waals surface area contributed by atoms with E-state index in [1.165, 1.54) is 26.7 Å². The van der Waals surface area contributed by atoms with E-state index in [1.807, 2.05) is 0 Å². The zero-order valence-electron chi connectivity index (χ0n) is 13.2. The lowest BCUT2D eigenvalue weighted by atomic mass is 10.2. The fourth-order valence-electron chi connectivity index (χ4n) is 3.33. The maximum absolute atomic E-state index is 5.39. The Morgan fingerprint density at radius 1 is 0.870 bits per heavy atom. The molecule has 2 heterocycles. The first kappa shape index (κ1) is 14.3. The first-order valence-electron chi connectivity index (χ1n) is 8.26. The van der Waals surface area contributed by atoms with Crippen molar-refractivity contribution in [2.24, 2.45) is 0 Å². The fraction of sp³-hybridized carbons (Fsp3) is 0.300. The second kappa shape index (κ2) is 6.45. The van der Waals surface area contributed by atoms with Crippen molar-refractivity contribution in [3.63, 3.8) is 0 Å². The number of benzene rings is 2. The van der Waals surface area contributed by atoms with E-state index in [0.29, 0.717) is 0 Å². The van der Waals surface area contributed by atoms with Crippen LogP contribution < -0.4 is 4.90 Å². The topological polar surface area (TPSA) is 18.6 Å². The highest BCUT2D eigenvalue weighted by Crippen LogP contribution is 2.28. The maximum Gasteiger partial charge on any atom is 0.139 e. The third-order valence-corrected chi connectivity index (χ3v) is 4.58. The van der Waals surface area contributed by atoms with Crippen molar-refractivity contribution in [2.75, 3.05) is 32.8 Å². The van der Waals surface area contributed by atoms with Crippen LogP contribution in [-0.2, 0) is 11.3 Å². The van der Waals surface area contributed by atoms with Crippen LogP contribution in [0.4, 0.5) is 0 Å². The van der Waals surface area contributed by atoms with Gasteiger partial charge in [0.15, 0.2) is 0 Å². The van der Waals surface area contributed by atoms with Gasteiger partial charge in [0.05, 0.1) is 19.8 Å². The SMILES string of the molecule is C(#CC[NH+]1CCOCC1)Cn1c2ccccc2c2ccccc21. The number of rotatable bonds is 2. The first-order valence-corrected chi connectivity index (χ1v) is 8.26. The van der Waals surface area contributed by atoms with Gasteiger partial charge < -0.3 is 14.2 Å². The minimum Gasteiger partial charge on any atom is -0.370 e.